The van der Waals surface area contributed by atoms with Crippen molar-refractivity contribution in [3.63, 3.8) is 0 Å². The van der Waals surface area contributed by atoms with Crippen LogP contribution in [0, 0.1) is 0 Å². The van der Waals surface area contributed by atoms with E-state index in [1.54, 1.807) is 12.1 Å². The molecule has 0 aliphatic heterocycles. The van der Waals surface area contributed by atoms with E-state index in [1.807, 2.05) is 36.4 Å². The van der Waals surface area contributed by atoms with Gasteiger partial charge in [-0.2, -0.15) is 0 Å². The van der Waals surface area contributed by atoms with Crippen molar-refractivity contribution in [1.29, 1.82) is 0 Å². The maximum absolute atomic E-state index is 12.0. The van der Waals surface area contributed by atoms with Gasteiger partial charge in [0.05, 0.1) is 0 Å². The van der Waals surface area contributed by atoms with Gasteiger partial charge in [0.2, 0.25) is 0 Å². The topological polar surface area (TPSA) is 26.3 Å². The van der Waals surface area contributed by atoms with Crippen LogP contribution in [0.2, 0.25) is 0 Å². The minimum absolute atomic E-state index is 0.0248. The highest BCUT2D eigenvalue weighted by Crippen LogP contribution is 2.15. The Morgan fingerprint density at radius 2 is 1.95 bits per heavy atom. The minimum atomic E-state index is -0.0248. The molecule has 0 N–H and O–H groups in total. The van der Waals surface area contributed by atoms with Crippen LogP contribution in [0.25, 0.3) is 0 Å². The van der Waals surface area contributed by atoms with Gasteiger partial charge < -0.3 is 4.74 Å². The summed E-state index contributed by atoms with van der Waals surface area (Å²) in [5.74, 6) is 0.714. The smallest absolute Gasteiger partial charge is 0.200 e. The average molecular weight is 319 g/mol. The summed E-state index contributed by atoms with van der Waals surface area (Å²) in [6.45, 7) is 2.15. The van der Waals surface area contributed by atoms with E-state index in [0.717, 1.165) is 16.6 Å². The van der Waals surface area contributed by atoms with Gasteiger partial charge in [-0.05, 0) is 36.2 Å². The van der Waals surface area contributed by atoms with Crippen molar-refractivity contribution < 1.29 is 9.53 Å². The highest BCUT2D eigenvalue weighted by molar-refractivity contribution is 9.10. The van der Waals surface area contributed by atoms with Gasteiger partial charge in [-0.1, -0.05) is 47.1 Å². The number of benzene rings is 2. The molecule has 0 aliphatic carbocycles. The van der Waals surface area contributed by atoms with Crippen LogP contribution in [0.3, 0.4) is 0 Å². The second-order valence-corrected chi connectivity index (χ2v) is 5.14. The Balaban J connectivity index is 2.00. The summed E-state index contributed by atoms with van der Waals surface area (Å²) in [6.07, 6.45) is 0.955. The molecule has 0 amide bonds. The van der Waals surface area contributed by atoms with Gasteiger partial charge in [-0.15, -0.1) is 0 Å². The van der Waals surface area contributed by atoms with Crippen molar-refractivity contribution in [2.45, 2.75) is 13.3 Å². The number of rotatable bonds is 5. The van der Waals surface area contributed by atoms with Gasteiger partial charge in [-0.25, -0.2) is 0 Å². The van der Waals surface area contributed by atoms with Crippen LogP contribution >= 0.6 is 15.9 Å². The van der Waals surface area contributed by atoms with Crippen molar-refractivity contribution >= 4 is 21.7 Å². The molecular weight excluding hydrogens is 304 g/mol. The molecule has 2 aromatic carbocycles. The Hall–Kier alpha value is -1.61. The van der Waals surface area contributed by atoms with Gasteiger partial charge in [-0.3, -0.25) is 4.79 Å². The van der Waals surface area contributed by atoms with Crippen LogP contribution < -0.4 is 4.74 Å². The number of Topliss-reactive ketones (excluding diaryl/α,β-unsaturated/α-hetero) is 1. The monoisotopic (exact) mass is 318 g/mol. The normalized spacial score (nSPS) is 10.2. The maximum atomic E-state index is 12.0. The molecule has 2 nitrogen and oxygen atoms in total. The Bertz CT molecular complexity index is 578. The molecule has 2 rings (SSSR count). The molecule has 0 saturated carbocycles. The number of carbonyl (C=O) groups excluding carboxylic acids is 1. The third-order valence-corrected chi connectivity index (χ3v) is 3.32. The lowest BCUT2D eigenvalue weighted by Gasteiger charge is -2.07. The molecule has 2 aromatic rings. The predicted molar refractivity (Wildman–Crippen MR) is 79.8 cm³/mol. The van der Waals surface area contributed by atoms with Crippen LogP contribution in [0.4, 0.5) is 0 Å². The molecule has 0 atom stereocenters. The zero-order valence-corrected chi connectivity index (χ0v) is 12.3. The van der Waals surface area contributed by atoms with E-state index < -0.39 is 0 Å². The van der Waals surface area contributed by atoms with E-state index in [4.69, 9.17) is 4.74 Å². The third-order valence-electron chi connectivity index (χ3n) is 2.82. The fraction of sp³-hybridized carbons (Fsp3) is 0.188. The van der Waals surface area contributed by atoms with Crippen molar-refractivity contribution in [3.05, 3.63) is 64.1 Å². The number of hydrogen-bond acceptors (Lipinski definition) is 2. The maximum Gasteiger partial charge on any atom is 0.200 e. The molecule has 0 bridgehead atoms. The van der Waals surface area contributed by atoms with Crippen molar-refractivity contribution in [2.75, 3.05) is 6.61 Å². The van der Waals surface area contributed by atoms with E-state index >= 15 is 0 Å². The SMILES string of the molecule is CCc1cccc(OCC(=O)c2cccc(Br)c2)c1. The summed E-state index contributed by atoms with van der Waals surface area (Å²) >= 11 is 3.35. The summed E-state index contributed by atoms with van der Waals surface area (Å²) in [5, 5.41) is 0. The van der Waals surface area contributed by atoms with Crippen LogP contribution in [0.1, 0.15) is 22.8 Å². The molecule has 98 valence electrons. The number of halogens is 1. The zero-order valence-electron chi connectivity index (χ0n) is 10.7. The average Bonchev–Trinajstić information content (AvgIpc) is 2.45. The first-order valence-electron chi connectivity index (χ1n) is 6.19. The fourth-order valence-corrected chi connectivity index (χ4v) is 2.15. The van der Waals surface area contributed by atoms with E-state index in [-0.39, 0.29) is 12.4 Å². The molecule has 19 heavy (non-hydrogen) atoms. The summed E-state index contributed by atoms with van der Waals surface area (Å²) in [4.78, 5) is 12.0. The second-order valence-electron chi connectivity index (χ2n) is 4.22. The molecule has 0 saturated heterocycles. The summed E-state index contributed by atoms with van der Waals surface area (Å²) in [7, 11) is 0. The molecule has 3 heteroatoms. The Kier molecular flexibility index (Phi) is 4.74. The molecule has 0 spiro atoms. The first-order chi connectivity index (χ1) is 9.19. The summed E-state index contributed by atoms with van der Waals surface area (Å²) in [6, 6.07) is 15.1. The van der Waals surface area contributed by atoms with Gasteiger partial charge in [0.1, 0.15) is 5.75 Å². The van der Waals surface area contributed by atoms with E-state index in [9.17, 15) is 4.79 Å². The van der Waals surface area contributed by atoms with E-state index in [0.29, 0.717) is 5.56 Å². The summed E-state index contributed by atoms with van der Waals surface area (Å²) < 4.78 is 6.43. The third kappa shape index (κ3) is 3.93. The van der Waals surface area contributed by atoms with Gasteiger partial charge in [0, 0.05) is 10.0 Å². The second kappa shape index (κ2) is 6.53. The molecule has 0 fully saturated rings. The van der Waals surface area contributed by atoms with Crippen molar-refractivity contribution in [1.82, 2.24) is 0 Å². The van der Waals surface area contributed by atoms with Gasteiger partial charge in [0.25, 0.3) is 0 Å². The van der Waals surface area contributed by atoms with Gasteiger partial charge in [0.15, 0.2) is 12.4 Å². The fourth-order valence-electron chi connectivity index (χ4n) is 1.75. The van der Waals surface area contributed by atoms with Crippen LogP contribution in [0.15, 0.2) is 53.0 Å². The van der Waals surface area contributed by atoms with Crippen LogP contribution in [-0.2, 0) is 6.42 Å². The highest BCUT2D eigenvalue weighted by atomic mass is 79.9. The summed E-state index contributed by atoms with van der Waals surface area (Å²) in [5.41, 5.74) is 1.86. The molecule has 0 aliphatic rings. The van der Waals surface area contributed by atoms with E-state index in [1.165, 1.54) is 5.56 Å². The quantitative estimate of drug-likeness (QED) is 0.769. The first-order valence-corrected chi connectivity index (χ1v) is 6.99. The predicted octanol–water partition coefficient (Wildman–Crippen LogP) is 4.27. The van der Waals surface area contributed by atoms with Crippen LogP contribution in [0.5, 0.6) is 5.75 Å². The lowest BCUT2D eigenvalue weighted by molar-refractivity contribution is 0.0921. The number of aryl methyl sites for hydroxylation is 1. The Morgan fingerprint density at radius 3 is 2.68 bits per heavy atom. The molecular formula is C16H15BrO2. The van der Waals surface area contributed by atoms with Gasteiger partial charge >= 0.3 is 0 Å². The Morgan fingerprint density at radius 1 is 1.16 bits per heavy atom. The minimum Gasteiger partial charge on any atom is -0.485 e. The number of ketones is 1. The standard InChI is InChI=1S/C16H15BrO2/c1-2-12-5-3-8-15(9-12)19-11-16(18)13-6-4-7-14(17)10-13/h3-10H,2,11H2,1H3. The highest BCUT2D eigenvalue weighted by Gasteiger charge is 2.07. The Labute approximate surface area is 121 Å². The van der Waals surface area contributed by atoms with Crippen molar-refractivity contribution in [3.8, 4) is 5.75 Å². The van der Waals surface area contributed by atoms with Crippen molar-refractivity contribution in [2.24, 2.45) is 0 Å². The first kappa shape index (κ1) is 13.8. The molecule has 0 heterocycles. The largest absolute Gasteiger partial charge is 0.485 e. The molecule has 0 aromatic heterocycles. The van der Waals surface area contributed by atoms with E-state index in [2.05, 4.69) is 22.9 Å². The lowest BCUT2D eigenvalue weighted by Crippen LogP contribution is -2.11. The number of carbonyl (C=O) groups is 1. The molecule has 0 unspecified atom stereocenters. The number of hydrogen-bond donors (Lipinski definition) is 0. The zero-order chi connectivity index (χ0) is 13.7. The molecule has 0 radical (unpaired) electrons. The number of ether oxygens (including phenoxy) is 1. The lowest BCUT2D eigenvalue weighted by atomic mass is 10.1. The van der Waals surface area contributed by atoms with Crippen LogP contribution in [-0.4, -0.2) is 12.4 Å².